The van der Waals surface area contributed by atoms with Crippen LogP contribution in [0.2, 0.25) is 0 Å². The van der Waals surface area contributed by atoms with Gasteiger partial charge in [0.05, 0.1) is 24.7 Å². The molecule has 4 heteroatoms. The van der Waals surface area contributed by atoms with Crippen molar-refractivity contribution in [1.29, 1.82) is 5.26 Å². The van der Waals surface area contributed by atoms with Crippen molar-refractivity contribution in [3.63, 3.8) is 0 Å². The van der Waals surface area contributed by atoms with E-state index in [1.807, 2.05) is 36.0 Å². The fourth-order valence-corrected chi connectivity index (χ4v) is 4.38. The van der Waals surface area contributed by atoms with E-state index >= 15 is 0 Å². The number of hydrogen-bond donors (Lipinski definition) is 0. The third kappa shape index (κ3) is 3.72. The van der Waals surface area contributed by atoms with Crippen molar-refractivity contribution in [1.82, 2.24) is 0 Å². The molecule has 0 aliphatic carbocycles. The standard InChI is InChI=1S/C17H21NO2S/c18-9-5-14-1-3-15(4-2-14)20-16-6-10-19-17(13-16)7-11-21-12-8-17/h1-4,16H,5-8,10-13H2. The first-order chi connectivity index (χ1) is 10.3. The zero-order valence-corrected chi connectivity index (χ0v) is 13.0. The van der Waals surface area contributed by atoms with E-state index in [0.717, 1.165) is 43.6 Å². The second-order valence-corrected chi connectivity index (χ2v) is 7.08. The minimum atomic E-state index is 0.0644. The highest BCUT2D eigenvalue weighted by atomic mass is 32.2. The van der Waals surface area contributed by atoms with E-state index in [9.17, 15) is 0 Å². The van der Waals surface area contributed by atoms with Crippen molar-refractivity contribution < 1.29 is 9.47 Å². The van der Waals surface area contributed by atoms with Gasteiger partial charge in [-0.15, -0.1) is 0 Å². The summed E-state index contributed by atoms with van der Waals surface area (Å²) < 4.78 is 12.2. The van der Waals surface area contributed by atoms with Crippen LogP contribution in [0, 0.1) is 11.3 Å². The van der Waals surface area contributed by atoms with Gasteiger partial charge >= 0.3 is 0 Å². The quantitative estimate of drug-likeness (QED) is 0.856. The molecule has 0 bridgehead atoms. The number of ether oxygens (including phenoxy) is 2. The average molecular weight is 303 g/mol. The topological polar surface area (TPSA) is 42.2 Å². The number of nitriles is 1. The van der Waals surface area contributed by atoms with Crippen LogP contribution in [0.15, 0.2) is 24.3 Å². The molecule has 1 aromatic rings. The summed E-state index contributed by atoms with van der Waals surface area (Å²) >= 11 is 2.03. The van der Waals surface area contributed by atoms with Gasteiger partial charge in [0.25, 0.3) is 0 Å². The number of thioether (sulfide) groups is 1. The van der Waals surface area contributed by atoms with Gasteiger partial charge < -0.3 is 9.47 Å². The highest BCUT2D eigenvalue weighted by Gasteiger charge is 2.39. The van der Waals surface area contributed by atoms with Gasteiger partial charge in [-0.05, 0) is 42.0 Å². The Morgan fingerprint density at radius 3 is 2.76 bits per heavy atom. The van der Waals surface area contributed by atoms with Crippen LogP contribution in [0.5, 0.6) is 5.75 Å². The molecule has 112 valence electrons. The zero-order valence-electron chi connectivity index (χ0n) is 12.2. The Kier molecular flexibility index (Phi) is 4.72. The van der Waals surface area contributed by atoms with E-state index in [1.165, 1.54) is 11.5 Å². The van der Waals surface area contributed by atoms with Crippen LogP contribution in [0.3, 0.4) is 0 Å². The Bertz CT molecular complexity index is 497. The van der Waals surface area contributed by atoms with E-state index in [2.05, 4.69) is 6.07 Å². The summed E-state index contributed by atoms with van der Waals surface area (Å²) in [5, 5.41) is 8.69. The van der Waals surface area contributed by atoms with Crippen molar-refractivity contribution in [2.75, 3.05) is 18.1 Å². The molecule has 2 heterocycles. The predicted octanol–water partition coefficient (Wildman–Crippen LogP) is 3.58. The number of nitrogens with zero attached hydrogens (tertiary/aromatic N) is 1. The molecule has 2 fully saturated rings. The van der Waals surface area contributed by atoms with Crippen molar-refractivity contribution in [3.8, 4) is 11.8 Å². The summed E-state index contributed by atoms with van der Waals surface area (Å²) in [7, 11) is 0. The van der Waals surface area contributed by atoms with E-state index < -0.39 is 0 Å². The molecular weight excluding hydrogens is 282 g/mol. The molecule has 2 aliphatic heterocycles. The second kappa shape index (κ2) is 6.72. The van der Waals surface area contributed by atoms with Crippen LogP contribution in [-0.4, -0.2) is 29.8 Å². The Hall–Kier alpha value is -1.18. The fraction of sp³-hybridized carbons (Fsp3) is 0.588. The number of hydrogen-bond acceptors (Lipinski definition) is 4. The molecule has 0 amide bonds. The Morgan fingerprint density at radius 1 is 1.29 bits per heavy atom. The highest BCUT2D eigenvalue weighted by Crippen LogP contribution is 2.38. The van der Waals surface area contributed by atoms with Crippen molar-refractivity contribution in [3.05, 3.63) is 29.8 Å². The molecular formula is C17H21NO2S. The Balaban J connectivity index is 1.60. The summed E-state index contributed by atoms with van der Waals surface area (Å²) in [6, 6.07) is 10.1. The molecule has 0 radical (unpaired) electrons. The maximum Gasteiger partial charge on any atom is 0.119 e. The van der Waals surface area contributed by atoms with Crippen LogP contribution >= 0.6 is 11.8 Å². The molecule has 0 saturated carbocycles. The summed E-state index contributed by atoms with van der Waals surface area (Å²) in [5.74, 6) is 3.31. The Morgan fingerprint density at radius 2 is 2.05 bits per heavy atom. The molecule has 1 unspecified atom stereocenters. The SMILES string of the molecule is N#CCc1ccc(OC2CCOC3(CCSCC3)C2)cc1. The normalized spacial score (nSPS) is 24.4. The van der Waals surface area contributed by atoms with Crippen LogP contribution in [0.1, 0.15) is 31.2 Å². The number of benzene rings is 1. The van der Waals surface area contributed by atoms with Crippen molar-refractivity contribution in [2.45, 2.75) is 43.8 Å². The summed E-state index contributed by atoms with van der Waals surface area (Å²) in [6.07, 6.45) is 4.99. The first-order valence-corrected chi connectivity index (χ1v) is 8.79. The molecule has 1 atom stereocenters. The monoisotopic (exact) mass is 303 g/mol. The highest BCUT2D eigenvalue weighted by molar-refractivity contribution is 7.99. The van der Waals surface area contributed by atoms with Gasteiger partial charge in [-0.2, -0.15) is 17.0 Å². The lowest BCUT2D eigenvalue weighted by molar-refractivity contribution is -0.116. The maximum absolute atomic E-state index is 8.69. The van der Waals surface area contributed by atoms with E-state index in [0.29, 0.717) is 6.42 Å². The third-order valence-electron chi connectivity index (χ3n) is 4.36. The van der Waals surface area contributed by atoms with Gasteiger partial charge in [-0.25, -0.2) is 0 Å². The van der Waals surface area contributed by atoms with Crippen LogP contribution in [0.25, 0.3) is 0 Å². The van der Waals surface area contributed by atoms with Crippen molar-refractivity contribution in [2.24, 2.45) is 0 Å². The minimum absolute atomic E-state index is 0.0644. The van der Waals surface area contributed by atoms with E-state index in [4.69, 9.17) is 14.7 Å². The average Bonchev–Trinajstić information content (AvgIpc) is 2.50. The molecule has 2 saturated heterocycles. The van der Waals surface area contributed by atoms with Crippen LogP contribution in [0.4, 0.5) is 0 Å². The van der Waals surface area contributed by atoms with Gasteiger partial charge in [0.15, 0.2) is 0 Å². The summed E-state index contributed by atoms with van der Waals surface area (Å²) in [5.41, 5.74) is 1.10. The molecule has 1 spiro atoms. The smallest absolute Gasteiger partial charge is 0.119 e. The van der Waals surface area contributed by atoms with Gasteiger partial charge in [-0.3, -0.25) is 0 Å². The first kappa shape index (κ1) is 14.7. The second-order valence-electron chi connectivity index (χ2n) is 5.86. The largest absolute Gasteiger partial charge is 0.490 e. The molecule has 21 heavy (non-hydrogen) atoms. The van der Waals surface area contributed by atoms with Crippen LogP contribution < -0.4 is 4.74 Å². The maximum atomic E-state index is 8.69. The molecule has 3 nitrogen and oxygen atoms in total. The Labute approximate surface area is 130 Å². The summed E-state index contributed by atoms with van der Waals surface area (Å²) in [4.78, 5) is 0. The minimum Gasteiger partial charge on any atom is -0.490 e. The zero-order chi connectivity index (χ0) is 14.5. The van der Waals surface area contributed by atoms with Gasteiger partial charge in [0.1, 0.15) is 11.9 Å². The van der Waals surface area contributed by atoms with E-state index in [-0.39, 0.29) is 11.7 Å². The fourth-order valence-electron chi connectivity index (χ4n) is 3.14. The summed E-state index contributed by atoms with van der Waals surface area (Å²) in [6.45, 7) is 0.807. The lowest BCUT2D eigenvalue weighted by atomic mass is 9.86. The van der Waals surface area contributed by atoms with Gasteiger partial charge in [-0.1, -0.05) is 12.1 Å². The molecule has 0 aromatic heterocycles. The van der Waals surface area contributed by atoms with E-state index in [1.54, 1.807) is 0 Å². The predicted molar refractivity (Wildman–Crippen MR) is 84.7 cm³/mol. The van der Waals surface area contributed by atoms with Crippen LogP contribution in [-0.2, 0) is 11.2 Å². The first-order valence-electron chi connectivity index (χ1n) is 7.64. The molecule has 3 rings (SSSR count). The van der Waals surface area contributed by atoms with Gasteiger partial charge in [0.2, 0.25) is 0 Å². The van der Waals surface area contributed by atoms with Gasteiger partial charge in [0, 0.05) is 12.8 Å². The molecule has 2 aliphatic rings. The molecule has 1 aromatic carbocycles. The lowest BCUT2D eigenvalue weighted by Gasteiger charge is -2.43. The molecule has 0 N–H and O–H groups in total. The lowest BCUT2D eigenvalue weighted by Crippen LogP contribution is -2.46. The van der Waals surface area contributed by atoms with Crippen molar-refractivity contribution >= 4 is 11.8 Å². The number of rotatable bonds is 3. The third-order valence-corrected chi connectivity index (χ3v) is 5.35.